The van der Waals surface area contributed by atoms with Crippen molar-refractivity contribution in [3.8, 4) is 11.1 Å². The molecule has 0 spiro atoms. The molecule has 3 rings (SSSR count). The van der Waals surface area contributed by atoms with Crippen molar-refractivity contribution in [1.82, 2.24) is 19.7 Å². The Balaban J connectivity index is 2.10. The van der Waals surface area contributed by atoms with E-state index >= 15 is 0 Å². The van der Waals surface area contributed by atoms with Gasteiger partial charge in [0.05, 0.1) is 6.20 Å². The first-order chi connectivity index (χ1) is 10.2. The maximum Gasteiger partial charge on any atom is 0.137 e. The minimum Gasteiger partial charge on any atom is -0.346 e. The Morgan fingerprint density at radius 1 is 1.43 bits per heavy atom. The van der Waals surface area contributed by atoms with Gasteiger partial charge in [-0.2, -0.15) is 5.10 Å². The van der Waals surface area contributed by atoms with Crippen molar-refractivity contribution in [3.63, 3.8) is 0 Å². The third kappa shape index (κ3) is 2.50. The number of carbonyl (C=O) groups excluding carboxylic acids is 1. The summed E-state index contributed by atoms with van der Waals surface area (Å²) < 4.78 is 1.78. The monoisotopic (exact) mass is 280 g/mol. The molecule has 5 heteroatoms. The molecule has 3 aromatic rings. The van der Waals surface area contributed by atoms with Crippen molar-refractivity contribution in [2.45, 2.75) is 13.3 Å². The molecule has 0 aliphatic heterocycles. The number of aromatic nitrogens is 4. The van der Waals surface area contributed by atoms with E-state index in [1.165, 1.54) is 0 Å². The van der Waals surface area contributed by atoms with Gasteiger partial charge in [-0.3, -0.25) is 4.68 Å². The lowest BCUT2D eigenvalue weighted by Gasteiger charge is -2.02. The predicted octanol–water partition coefficient (Wildman–Crippen LogP) is 2.96. The zero-order valence-electron chi connectivity index (χ0n) is 12.0. The van der Waals surface area contributed by atoms with Crippen molar-refractivity contribution in [2.75, 3.05) is 0 Å². The van der Waals surface area contributed by atoms with Gasteiger partial charge in [-0.05, 0) is 24.1 Å². The summed E-state index contributed by atoms with van der Waals surface area (Å²) in [6.07, 6.45) is 10.8. The van der Waals surface area contributed by atoms with E-state index in [-0.39, 0.29) is 0 Å². The van der Waals surface area contributed by atoms with Crippen molar-refractivity contribution >= 4 is 22.9 Å². The molecular weight excluding hydrogens is 264 g/mol. The summed E-state index contributed by atoms with van der Waals surface area (Å²) in [5.41, 5.74) is 5.05. The minimum atomic E-state index is 0.423. The third-order valence-electron chi connectivity index (χ3n) is 3.52. The maximum atomic E-state index is 10.5. The molecule has 3 heterocycles. The standard InChI is InChI=1S/C16H16N4O/c1-11(4-3-5-21)12-6-14-15(9-18-16(14)17-7-12)13-8-19-20(2)10-13/h4-10H,3H2,1-2H3,(H,17,18)/b11-4+. The van der Waals surface area contributed by atoms with E-state index in [1.807, 2.05) is 44.8 Å². The van der Waals surface area contributed by atoms with Gasteiger partial charge in [0.15, 0.2) is 0 Å². The third-order valence-corrected chi connectivity index (χ3v) is 3.52. The van der Waals surface area contributed by atoms with Crippen LogP contribution in [0, 0.1) is 0 Å². The van der Waals surface area contributed by atoms with Crippen molar-refractivity contribution in [2.24, 2.45) is 7.05 Å². The molecule has 0 aromatic carbocycles. The van der Waals surface area contributed by atoms with Gasteiger partial charge >= 0.3 is 0 Å². The first-order valence-corrected chi connectivity index (χ1v) is 6.76. The van der Waals surface area contributed by atoms with Crippen molar-refractivity contribution in [3.05, 3.63) is 42.5 Å². The summed E-state index contributed by atoms with van der Waals surface area (Å²) in [6, 6.07) is 2.10. The molecule has 21 heavy (non-hydrogen) atoms. The molecule has 0 bridgehead atoms. The number of pyridine rings is 1. The number of rotatable bonds is 4. The van der Waals surface area contributed by atoms with E-state index in [2.05, 4.69) is 21.1 Å². The van der Waals surface area contributed by atoms with Crippen molar-refractivity contribution in [1.29, 1.82) is 0 Å². The Morgan fingerprint density at radius 2 is 2.29 bits per heavy atom. The van der Waals surface area contributed by atoms with Gasteiger partial charge in [-0.1, -0.05) is 6.08 Å². The molecule has 0 aliphatic rings. The summed E-state index contributed by atoms with van der Waals surface area (Å²) in [5, 5.41) is 5.26. The highest BCUT2D eigenvalue weighted by molar-refractivity contribution is 5.94. The number of aryl methyl sites for hydroxylation is 1. The van der Waals surface area contributed by atoms with Crippen LogP contribution in [0.2, 0.25) is 0 Å². The number of hydrogen-bond donors (Lipinski definition) is 1. The largest absolute Gasteiger partial charge is 0.346 e. The zero-order chi connectivity index (χ0) is 14.8. The number of nitrogens with zero attached hydrogens (tertiary/aromatic N) is 3. The zero-order valence-corrected chi connectivity index (χ0v) is 12.0. The highest BCUT2D eigenvalue weighted by atomic mass is 16.1. The molecule has 5 nitrogen and oxygen atoms in total. The number of H-pyrrole nitrogens is 1. The van der Waals surface area contributed by atoms with E-state index < -0.39 is 0 Å². The van der Waals surface area contributed by atoms with Crippen LogP contribution in [0.15, 0.2) is 36.9 Å². The van der Waals surface area contributed by atoms with Crippen LogP contribution in [0.1, 0.15) is 18.9 Å². The van der Waals surface area contributed by atoms with Gasteiger partial charge in [-0.15, -0.1) is 0 Å². The summed E-state index contributed by atoms with van der Waals surface area (Å²) >= 11 is 0. The molecule has 0 saturated heterocycles. The number of hydrogen-bond acceptors (Lipinski definition) is 3. The molecule has 106 valence electrons. The Hall–Kier alpha value is -2.69. The fourth-order valence-corrected chi connectivity index (χ4v) is 2.36. The molecular formula is C16H16N4O. The lowest BCUT2D eigenvalue weighted by atomic mass is 10.0. The molecule has 0 atom stereocenters. The summed E-state index contributed by atoms with van der Waals surface area (Å²) in [7, 11) is 1.90. The molecule has 3 aromatic heterocycles. The minimum absolute atomic E-state index is 0.423. The van der Waals surface area contributed by atoms with E-state index in [1.54, 1.807) is 4.68 Å². The predicted molar refractivity (Wildman–Crippen MR) is 82.6 cm³/mol. The van der Waals surface area contributed by atoms with Crippen LogP contribution in [0.3, 0.4) is 0 Å². The highest BCUT2D eigenvalue weighted by Gasteiger charge is 2.10. The quantitative estimate of drug-likeness (QED) is 0.747. The number of carbonyl (C=O) groups is 1. The molecule has 0 amide bonds. The number of aromatic amines is 1. The number of nitrogens with one attached hydrogen (secondary N) is 1. The molecule has 1 N–H and O–H groups in total. The van der Waals surface area contributed by atoms with E-state index in [9.17, 15) is 4.79 Å². The van der Waals surface area contributed by atoms with Crippen LogP contribution in [0.4, 0.5) is 0 Å². The first kappa shape index (κ1) is 13.3. The molecule has 0 fully saturated rings. The normalized spacial score (nSPS) is 12.0. The molecule has 0 saturated carbocycles. The maximum absolute atomic E-state index is 10.5. The average molecular weight is 280 g/mol. The summed E-state index contributed by atoms with van der Waals surface area (Å²) in [6.45, 7) is 1.99. The Bertz CT molecular complexity index is 826. The topological polar surface area (TPSA) is 63.6 Å². The lowest BCUT2D eigenvalue weighted by molar-refractivity contribution is -0.107. The Kier molecular flexibility index (Phi) is 3.39. The average Bonchev–Trinajstić information content (AvgIpc) is 3.09. The van der Waals surface area contributed by atoms with Crippen LogP contribution < -0.4 is 0 Å². The SMILES string of the molecule is C/C(=C\CC=O)c1cnc2[nH]cc(-c3cnn(C)c3)c2c1. The van der Waals surface area contributed by atoms with E-state index in [0.29, 0.717) is 6.42 Å². The van der Waals surface area contributed by atoms with Crippen LogP contribution in [0.5, 0.6) is 0 Å². The van der Waals surface area contributed by atoms with Gasteiger partial charge in [0, 0.05) is 48.6 Å². The number of allylic oxidation sites excluding steroid dienone is 2. The smallest absolute Gasteiger partial charge is 0.137 e. The Labute approximate surface area is 122 Å². The van der Waals surface area contributed by atoms with Gasteiger partial charge in [-0.25, -0.2) is 4.98 Å². The van der Waals surface area contributed by atoms with Gasteiger partial charge < -0.3 is 9.78 Å². The number of fused-ring (bicyclic) bond motifs is 1. The van der Waals surface area contributed by atoms with Crippen molar-refractivity contribution < 1.29 is 4.79 Å². The van der Waals surface area contributed by atoms with E-state index in [4.69, 9.17) is 0 Å². The molecule has 0 unspecified atom stereocenters. The molecule has 0 radical (unpaired) electrons. The molecule has 0 aliphatic carbocycles. The Morgan fingerprint density at radius 3 is 3.00 bits per heavy atom. The van der Waals surface area contributed by atoms with Crippen LogP contribution in [-0.4, -0.2) is 26.0 Å². The van der Waals surface area contributed by atoms with Gasteiger partial charge in [0.25, 0.3) is 0 Å². The first-order valence-electron chi connectivity index (χ1n) is 6.76. The second-order valence-electron chi connectivity index (χ2n) is 5.01. The van der Waals surface area contributed by atoms with Gasteiger partial charge in [0.1, 0.15) is 11.9 Å². The second kappa shape index (κ2) is 5.36. The summed E-state index contributed by atoms with van der Waals surface area (Å²) in [4.78, 5) is 18.1. The fourth-order valence-electron chi connectivity index (χ4n) is 2.36. The number of aldehydes is 1. The second-order valence-corrected chi connectivity index (χ2v) is 5.01. The fraction of sp³-hybridized carbons (Fsp3) is 0.188. The van der Waals surface area contributed by atoms with Crippen LogP contribution in [0.25, 0.3) is 27.7 Å². The summed E-state index contributed by atoms with van der Waals surface area (Å²) in [5.74, 6) is 0. The van der Waals surface area contributed by atoms with Crippen LogP contribution >= 0.6 is 0 Å². The highest BCUT2D eigenvalue weighted by Crippen LogP contribution is 2.29. The van der Waals surface area contributed by atoms with E-state index in [0.717, 1.165) is 39.6 Å². The van der Waals surface area contributed by atoms with Gasteiger partial charge in [0.2, 0.25) is 0 Å². The lowest BCUT2D eigenvalue weighted by Crippen LogP contribution is -1.85. The van der Waals surface area contributed by atoms with Crippen LogP contribution in [-0.2, 0) is 11.8 Å².